The number of benzene rings is 1. The van der Waals surface area contributed by atoms with Gasteiger partial charge in [-0.1, -0.05) is 12.1 Å². The molecule has 0 bridgehead atoms. The molecule has 15 nitrogen and oxygen atoms in total. The van der Waals surface area contributed by atoms with Crippen LogP contribution in [-0.4, -0.2) is 136 Å². The van der Waals surface area contributed by atoms with Gasteiger partial charge < -0.3 is 24.3 Å². The number of fused-ring (bicyclic) bond motifs is 2. The number of nitrogens with zero attached hydrogens (tertiary/aromatic N) is 9. The molecule has 9 rings (SSSR count). The Bertz CT molecular complexity index is 2330. The van der Waals surface area contributed by atoms with Crippen molar-refractivity contribution in [1.82, 2.24) is 39.5 Å². The van der Waals surface area contributed by atoms with Gasteiger partial charge in [0.2, 0.25) is 17.7 Å². The van der Waals surface area contributed by atoms with E-state index in [1.165, 1.54) is 0 Å². The molecule has 0 aliphatic carbocycles. The van der Waals surface area contributed by atoms with E-state index in [2.05, 4.69) is 49.4 Å². The van der Waals surface area contributed by atoms with Crippen molar-refractivity contribution in [2.24, 2.45) is 5.92 Å². The quantitative estimate of drug-likeness (QED) is 0.218. The number of aromatic nitrogens is 3. The minimum Gasteiger partial charge on any atom is -0.492 e. The van der Waals surface area contributed by atoms with Crippen molar-refractivity contribution in [3.63, 3.8) is 0 Å². The average molecular weight is 827 g/mol. The predicted octanol–water partition coefficient (Wildman–Crippen LogP) is 4.06. The summed E-state index contributed by atoms with van der Waals surface area (Å²) in [6.45, 7) is 11.8. The van der Waals surface area contributed by atoms with Gasteiger partial charge in [0, 0.05) is 94.6 Å². The summed E-state index contributed by atoms with van der Waals surface area (Å²) in [5.74, 6) is 2.07. The van der Waals surface area contributed by atoms with E-state index in [9.17, 15) is 24.4 Å². The fourth-order valence-corrected chi connectivity index (χ4v) is 9.99. The third-order valence-corrected chi connectivity index (χ3v) is 13.5. The van der Waals surface area contributed by atoms with Crippen LogP contribution in [0.2, 0.25) is 0 Å². The van der Waals surface area contributed by atoms with Crippen LogP contribution in [0.4, 0.5) is 5.82 Å². The Morgan fingerprint density at radius 1 is 0.902 bits per heavy atom. The van der Waals surface area contributed by atoms with Crippen LogP contribution in [-0.2, 0) is 20.9 Å². The van der Waals surface area contributed by atoms with E-state index in [1.54, 1.807) is 21.8 Å². The monoisotopic (exact) mass is 826 g/mol. The number of likely N-dealkylation sites (tertiary alicyclic amines) is 1. The van der Waals surface area contributed by atoms with Crippen molar-refractivity contribution in [2.45, 2.75) is 70.4 Å². The van der Waals surface area contributed by atoms with Crippen LogP contribution in [0.3, 0.4) is 0 Å². The summed E-state index contributed by atoms with van der Waals surface area (Å²) in [5, 5.41) is 16.4. The van der Waals surface area contributed by atoms with E-state index in [1.807, 2.05) is 36.2 Å². The van der Waals surface area contributed by atoms with Crippen molar-refractivity contribution in [2.75, 3.05) is 77.0 Å². The highest BCUT2D eigenvalue weighted by Crippen LogP contribution is 2.35. The SMILES string of the molecule is CCOc1cc(-c2ccc(N3CCC(CN4CCN(C(=O)CCN5CCC(c6ccc7c(c6)C(=O)N(C6CCC(=O)NC6=O)C7)CC5)CC4)CC3)nc2)c2c(C#N)cnn2c1. The Kier molecular flexibility index (Phi) is 11.7. The van der Waals surface area contributed by atoms with Gasteiger partial charge in [0.1, 0.15) is 23.7 Å². The molecule has 1 unspecified atom stereocenters. The number of ether oxygens (including phenoxy) is 1. The van der Waals surface area contributed by atoms with Crippen molar-refractivity contribution in [3.05, 3.63) is 77.2 Å². The lowest BCUT2D eigenvalue weighted by molar-refractivity contribution is -0.137. The molecule has 0 saturated carbocycles. The molecule has 4 amide bonds. The number of rotatable bonds is 11. The van der Waals surface area contributed by atoms with Crippen LogP contribution < -0.4 is 15.0 Å². The van der Waals surface area contributed by atoms with Gasteiger partial charge >= 0.3 is 0 Å². The minimum atomic E-state index is -0.601. The Morgan fingerprint density at radius 2 is 1.70 bits per heavy atom. The first-order chi connectivity index (χ1) is 29.7. The van der Waals surface area contributed by atoms with Crippen LogP contribution in [0.15, 0.2) is 55.0 Å². The summed E-state index contributed by atoms with van der Waals surface area (Å²) >= 11 is 0. The van der Waals surface area contributed by atoms with Crippen LogP contribution >= 0.6 is 0 Å². The first-order valence-electron chi connectivity index (χ1n) is 22.0. The Morgan fingerprint density at radius 3 is 2.43 bits per heavy atom. The zero-order chi connectivity index (χ0) is 42.0. The Labute approximate surface area is 356 Å². The smallest absolute Gasteiger partial charge is 0.255 e. The van der Waals surface area contributed by atoms with E-state index in [-0.39, 0.29) is 30.0 Å². The van der Waals surface area contributed by atoms with Gasteiger partial charge in [-0.3, -0.25) is 29.4 Å². The number of hydrogen-bond donors (Lipinski definition) is 1. The minimum absolute atomic E-state index is 0.127. The highest BCUT2D eigenvalue weighted by molar-refractivity contribution is 6.05. The molecule has 5 aliphatic rings. The normalized spacial score (nSPS) is 20.9. The van der Waals surface area contributed by atoms with Crippen molar-refractivity contribution in [3.8, 4) is 22.9 Å². The number of nitriles is 1. The number of piperazine rings is 1. The molecule has 5 aliphatic heterocycles. The summed E-state index contributed by atoms with van der Waals surface area (Å²) in [7, 11) is 0. The molecule has 15 heteroatoms. The number of carbonyl (C=O) groups is 4. The molecule has 0 radical (unpaired) electrons. The van der Waals surface area contributed by atoms with E-state index in [4.69, 9.17) is 9.72 Å². The summed E-state index contributed by atoms with van der Waals surface area (Å²) in [6.07, 6.45) is 10.6. The number of carbonyl (C=O) groups excluding carboxylic acids is 4. The zero-order valence-corrected chi connectivity index (χ0v) is 34.9. The van der Waals surface area contributed by atoms with Crippen LogP contribution in [0, 0.1) is 17.2 Å². The molecule has 8 heterocycles. The van der Waals surface area contributed by atoms with Crippen molar-refractivity contribution in [1.29, 1.82) is 5.26 Å². The second-order valence-electron chi connectivity index (χ2n) is 17.2. The number of amides is 4. The maximum absolute atomic E-state index is 13.3. The number of hydrogen-bond acceptors (Lipinski definition) is 11. The number of anilines is 1. The maximum atomic E-state index is 13.3. The zero-order valence-electron chi connectivity index (χ0n) is 34.9. The van der Waals surface area contributed by atoms with Crippen molar-refractivity contribution < 1.29 is 23.9 Å². The van der Waals surface area contributed by atoms with Gasteiger partial charge in [0.05, 0.1) is 30.1 Å². The lowest BCUT2D eigenvalue weighted by atomic mass is 9.88. The highest BCUT2D eigenvalue weighted by atomic mass is 16.5. The van der Waals surface area contributed by atoms with Gasteiger partial charge in [-0.2, -0.15) is 10.4 Å². The molecule has 4 saturated heterocycles. The van der Waals surface area contributed by atoms with Crippen molar-refractivity contribution >= 4 is 35.0 Å². The lowest BCUT2D eigenvalue weighted by Crippen LogP contribution is -2.52. The molecule has 1 atom stereocenters. The van der Waals surface area contributed by atoms with Crippen LogP contribution in [0.25, 0.3) is 16.6 Å². The van der Waals surface area contributed by atoms with E-state index < -0.39 is 6.04 Å². The number of imide groups is 1. The predicted molar refractivity (Wildman–Crippen MR) is 228 cm³/mol. The molecule has 4 aromatic rings. The fraction of sp³-hybridized carbons (Fsp3) is 0.500. The molecule has 1 N–H and O–H groups in total. The third kappa shape index (κ3) is 8.56. The summed E-state index contributed by atoms with van der Waals surface area (Å²) < 4.78 is 7.48. The van der Waals surface area contributed by atoms with E-state index >= 15 is 0 Å². The van der Waals surface area contributed by atoms with Gasteiger partial charge in [-0.05, 0) is 99.3 Å². The Hall–Kier alpha value is -5.85. The molecule has 0 spiro atoms. The topological polar surface area (TPSA) is 160 Å². The van der Waals surface area contributed by atoms with Crippen LogP contribution in [0.5, 0.6) is 5.75 Å². The second-order valence-corrected chi connectivity index (χ2v) is 17.2. The summed E-state index contributed by atoms with van der Waals surface area (Å²) in [5.41, 5.74) is 5.81. The maximum Gasteiger partial charge on any atom is 0.255 e. The molecular weight excluding hydrogens is 773 g/mol. The Balaban J connectivity index is 0.686. The summed E-state index contributed by atoms with van der Waals surface area (Å²) in [6, 6.07) is 13.9. The molecule has 61 heavy (non-hydrogen) atoms. The second kappa shape index (κ2) is 17.6. The van der Waals surface area contributed by atoms with Gasteiger partial charge in [-0.15, -0.1) is 0 Å². The standard InChI is InChI=1S/C46H54N10O5/c1-2-61-37-24-38(44-36(25-47)27-49-56(44)30-37)34-5-7-41(48-26-34)53-17-9-31(10-18-53)28-52-19-21-54(22-20-52)43(58)13-16-51-14-11-32(12-15-51)33-3-4-35-29-55(46(60)39(35)23-33)40-6-8-42(57)50-45(40)59/h3-5,7,23-24,26-27,30-32,40H,2,6,8-22,28-29H2,1H3,(H,50,57,59). The molecular formula is C46H54N10O5. The molecule has 1 aromatic carbocycles. The highest BCUT2D eigenvalue weighted by Gasteiger charge is 2.39. The summed E-state index contributed by atoms with van der Waals surface area (Å²) in [4.78, 5) is 66.5. The fourth-order valence-electron chi connectivity index (χ4n) is 9.99. The lowest BCUT2D eigenvalue weighted by Gasteiger charge is -2.39. The number of pyridine rings is 2. The van der Waals surface area contributed by atoms with Crippen LogP contribution in [0.1, 0.15) is 84.8 Å². The third-order valence-electron chi connectivity index (χ3n) is 13.5. The number of nitrogens with one attached hydrogen (secondary N) is 1. The van der Waals surface area contributed by atoms with Gasteiger partial charge in [0.15, 0.2) is 0 Å². The molecule has 318 valence electrons. The molecule has 4 fully saturated rings. The first kappa shape index (κ1) is 40.6. The van der Waals surface area contributed by atoms with Gasteiger partial charge in [-0.25, -0.2) is 9.50 Å². The largest absolute Gasteiger partial charge is 0.492 e. The molecule has 3 aromatic heterocycles. The van der Waals surface area contributed by atoms with Gasteiger partial charge in [0.25, 0.3) is 5.91 Å². The first-order valence-corrected chi connectivity index (χ1v) is 22.0. The van der Waals surface area contributed by atoms with E-state index in [0.29, 0.717) is 54.7 Å². The number of piperidine rings is 3. The average Bonchev–Trinajstić information content (AvgIpc) is 3.86. The van der Waals surface area contributed by atoms with E-state index in [0.717, 1.165) is 125 Å².